The quantitative estimate of drug-likeness (QED) is 0.0368. The fourth-order valence-corrected chi connectivity index (χ4v) is 12.8. The molecule has 0 aliphatic carbocycles. The number of imidazole rings is 2. The fourth-order valence-electron chi connectivity index (χ4n) is 12.8. The van der Waals surface area contributed by atoms with Gasteiger partial charge in [-0.25, -0.2) is 9.97 Å². The number of unbranched alkanes of at least 4 members (excludes halogenated alkanes) is 35. The Kier molecular flexibility index (Phi) is 46.7. The zero-order chi connectivity index (χ0) is 61.2. The molecular formula is C72H134N6O7. The number of hydrogen-bond donors (Lipinski definition) is 4. The molecular weight excluding hydrogens is 1060 g/mol. The smallest absolute Gasteiger partial charge is 0.324 e. The fraction of sp³-hybridized carbons (Fsp3) is 0.889. The molecule has 2 aliphatic heterocycles. The summed E-state index contributed by atoms with van der Waals surface area (Å²) in [4.78, 5) is 42.6. The van der Waals surface area contributed by atoms with Crippen LogP contribution in [0.5, 0.6) is 0 Å². The molecule has 0 saturated carbocycles. The number of rotatable bonds is 55. The number of carbonyl (C=O) groups excluding carboxylic acids is 2. The molecule has 0 spiro atoms. The van der Waals surface area contributed by atoms with Gasteiger partial charge in [0.05, 0.1) is 36.7 Å². The third-order valence-electron chi connectivity index (χ3n) is 18.2. The van der Waals surface area contributed by atoms with Crippen LogP contribution in [0.2, 0.25) is 0 Å². The first kappa shape index (κ1) is 76.4. The van der Waals surface area contributed by atoms with Gasteiger partial charge in [-0.3, -0.25) is 19.4 Å². The van der Waals surface area contributed by atoms with E-state index >= 15 is 0 Å². The van der Waals surface area contributed by atoms with Crippen LogP contribution in [0.1, 0.15) is 335 Å². The molecule has 0 radical (unpaired) electrons. The molecule has 13 heteroatoms. The summed E-state index contributed by atoms with van der Waals surface area (Å²) in [5.41, 5.74) is 1.77. The van der Waals surface area contributed by atoms with Crippen molar-refractivity contribution in [3.05, 3.63) is 36.4 Å². The number of H-pyrrole nitrogens is 1. The number of β-amino-alcohol motifs (C(OH)–C–C–N with tert-alkyl or cyclic N) is 2. The minimum atomic E-state index is -0.443. The summed E-state index contributed by atoms with van der Waals surface area (Å²) in [7, 11) is 0. The Labute approximate surface area is 521 Å². The van der Waals surface area contributed by atoms with Crippen molar-refractivity contribution in [3.8, 4) is 0 Å². The summed E-state index contributed by atoms with van der Waals surface area (Å²) >= 11 is 0. The first-order chi connectivity index (χ1) is 41.6. The lowest BCUT2D eigenvalue weighted by atomic mass is 10.0. The Morgan fingerprint density at radius 1 is 0.459 bits per heavy atom. The van der Waals surface area contributed by atoms with Gasteiger partial charge in [-0.2, -0.15) is 0 Å². The SMILES string of the molecule is CCCCCCCCCCC(O)CN1CC(CCCCCCCCCC)OC(=O)C1Cc1cn(CC(O)CCCCCCCCCC)cn1.CCCCCCCCCCC(O)CN1CC(CCCCCCCCCC)OC(=O)C1Cc1cnc[nH]1. The number of hydrogen-bond acceptors (Lipinski definition) is 11. The average molecular weight is 1200 g/mol. The third kappa shape index (κ3) is 38.3. The van der Waals surface area contributed by atoms with E-state index < -0.39 is 18.2 Å². The van der Waals surface area contributed by atoms with Crippen molar-refractivity contribution in [2.24, 2.45) is 0 Å². The summed E-state index contributed by atoms with van der Waals surface area (Å²) in [6.07, 6.45) is 61.6. The maximum absolute atomic E-state index is 13.5. The predicted octanol–water partition coefficient (Wildman–Crippen LogP) is 17.3. The van der Waals surface area contributed by atoms with Crippen LogP contribution in [0, 0.1) is 0 Å². The number of aliphatic hydroxyl groups excluding tert-OH is 3. The molecule has 2 aromatic rings. The van der Waals surface area contributed by atoms with Gasteiger partial charge in [0.25, 0.3) is 0 Å². The molecule has 0 amide bonds. The van der Waals surface area contributed by atoms with E-state index in [1.165, 1.54) is 218 Å². The molecule has 4 N–H and O–H groups in total. The normalized spacial score (nSPS) is 18.7. The monoisotopic (exact) mass is 1200 g/mol. The molecule has 4 heterocycles. The van der Waals surface area contributed by atoms with E-state index in [1.807, 2.05) is 10.8 Å². The topological polar surface area (TPSA) is 166 Å². The van der Waals surface area contributed by atoms with Gasteiger partial charge in [-0.15, -0.1) is 0 Å². The number of nitrogens with one attached hydrogen (secondary N) is 1. The third-order valence-corrected chi connectivity index (χ3v) is 18.2. The first-order valence-electron chi connectivity index (χ1n) is 36.5. The minimum Gasteiger partial charge on any atom is -0.460 e. The van der Waals surface area contributed by atoms with E-state index in [1.54, 1.807) is 18.9 Å². The Hall–Kier alpha value is -2.84. The highest BCUT2D eigenvalue weighted by atomic mass is 16.6. The molecule has 0 bridgehead atoms. The van der Waals surface area contributed by atoms with Gasteiger partial charge >= 0.3 is 11.9 Å². The van der Waals surface area contributed by atoms with Gasteiger partial charge in [-0.1, -0.05) is 279 Å². The van der Waals surface area contributed by atoms with Gasteiger partial charge in [0.15, 0.2) is 0 Å². The van der Waals surface area contributed by atoms with E-state index in [9.17, 15) is 24.9 Å². The van der Waals surface area contributed by atoms with E-state index in [2.05, 4.69) is 59.4 Å². The van der Waals surface area contributed by atoms with Crippen LogP contribution in [-0.4, -0.2) is 125 Å². The second kappa shape index (κ2) is 52.0. The van der Waals surface area contributed by atoms with Crippen molar-refractivity contribution in [1.82, 2.24) is 29.3 Å². The highest BCUT2D eigenvalue weighted by Gasteiger charge is 2.39. The van der Waals surface area contributed by atoms with Crippen LogP contribution in [0.3, 0.4) is 0 Å². The second-order valence-electron chi connectivity index (χ2n) is 26.4. The molecule has 2 aliphatic rings. The van der Waals surface area contributed by atoms with Crippen LogP contribution in [-0.2, 0) is 38.4 Å². The number of esters is 2. The molecule has 13 nitrogen and oxygen atoms in total. The van der Waals surface area contributed by atoms with E-state index in [0.29, 0.717) is 39.0 Å². The standard InChI is InChI=1S/C42H79N3O4.C30H55N3O3/c1-4-7-10-13-16-19-22-25-28-38(46)33-44-32-37(43-36-44)31-41-42(48)49-40(30-27-24-21-18-15-12-9-6-3)35-45(41)34-39(47)29-26-23-20-17-14-11-8-5-2;1-3-5-7-9-11-13-15-17-19-27(34)23-33-24-28(20-18-16-14-12-10-8-6-4-2)36-30(35)29(33)21-26-22-31-25-32-26/h32,36,38-41,46-47H,4-31,33-35H2,1-3H3;22,25,27-29,34H,3-21,23-24H2,1-2H3,(H,31,32). The van der Waals surface area contributed by atoms with E-state index in [4.69, 9.17) is 9.47 Å². The Morgan fingerprint density at radius 3 is 1.14 bits per heavy atom. The second-order valence-corrected chi connectivity index (χ2v) is 26.4. The molecule has 494 valence electrons. The Bertz CT molecular complexity index is 1810. The van der Waals surface area contributed by atoms with Gasteiger partial charge in [0.2, 0.25) is 0 Å². The van der Waals surface area contributed by atoms with Crippen molar-refractivity contribution >= 4 is 11.9 Å². The molecule has 85 heavy (non-hydrogen) atoms. The maximum Gasteiger partial charge on any atom is 0.324 e. The zero-order valence-corrected chi connectivity index (χ0v) is 55.8. The molecule has 7 unspecified atom stereocenters. The number of cyclic esters (lactones) is 2. The van der Waals surface area contributed by atoms with Crippen molar-refractivity contribution in [3.63, 3.8) is 0 Å². The summed E-state index contributed by atoms with van der Waals surface area (Å²) in [6.45, 7) is 14.2. The number of aromatic nitrogens is 4. The molecule has 2 saturated heterocycles. The van der Waals surface area contributed by atoms with Gasteiger partial charge < -0.3 is 34.3 Å². The molecule has 2 fully saturated rings. The summed E-state index contributed by atoms with van der Waals surface area (Å²) in [5, 5.41) is 32.6. The maximum atomic E-state index is 13.5. The van der Waals surface area contributed by atoms with Gasteiger partial charge in [0, 0.05) is 63.7 Å². The van der Waals surface area contributed by atoms with Crippen LogP contribution >= 0.6 is 0 Å². The van der Waals surface area contributed by atoms with E-state index in [-0.39, 0.29) is 36.3 Å². The number of morpholine rings is 2. The Morgan fingerprint density at radius 2 is 0.788 bits per heavy atom. The molecule has 4 rings (SSSR count). The van der Waals surface area contributed by atoms with Crippen LogP contribution in [0.25, 0.3) is 0 Å². The van der Waals surface area contributed by atoms with Crippen LogP contribution in [0.15, 0.2) is 25.0 Å². The van der Waals surface area contributed by atoms with Crippen molar-refractivity contribution in [2.75, 3.05) is 26.2 Å². The Balaban J connectivity index is 0.000000466. The summed E-state index contributed by atoms with van der Waals surface area (Å²) in [5.74, 6) is -0.334. The lowest BCUT2D eigenvalue weighted by molar-refractivity contribution is -0.169. The molecule has 7 atom stereocenters. The number of aliphatic hydroxyl groups is 3. The highest BCUT2D eigenvalue weighted by Crippen LogP contribution is 2.25. The highest BCUT2D eigenvalue weighted by molar-refractivity contribution is 5.77. The molecule has 0 aromatic carbocycles. The molecule has 2 aromatic heterocycles. The number of nitrogens with zero attached hydrogens (tertiary/aromatic N) is 5. The van der Waals surface area contributed by atoms with Crippen LogP contribution < -0.4 is 0 Å². The van der Waals surface area contributed by atoms with E-state index in [0.717, 1.165) is 88.6 Å². The minimum absolute atomic E-state index is 0.0640. The predicted molar refractivity (Wildman–Crippen MR) is 353 cm³/mol. The van der Waals surface area contributed by atoms with Crippen molar-refractivity contribution in [2.45, 2.75) is 386 Å². The number of ether oxygens (including phenoxy) is 2. The first-order valence-corrected chi connectivity index (χ1v) is 36.5. The van der Waals surface area contributed by atoms with Gasteiger partial charge in [0.1, 0.15) is 24.3 Å². The summed E-state index contributed by atoms with van der Waals surface area (Å²) in [6, 6.07) is -0.790. The lowest BCUT2D eigenvalue weighted by Gasteiger charge is -2.39. The zero-order valence-electron chi connectivity index (χ0n) is 55.8. The number of aromatic amines is 1. The lowest BCUT2D eigenvalue weighted by Crippen LogP contribution is -2.55. The van der Waals surface area contributed by atoms with Crippen LogP contribution in [0.4, 0.5) is 0 Å². The largest absolute Gasteiger partial charge is 0.460 e. The summed E-state index contributed by atoms with van der Waals surface area (Å²) < 4.78 is 13.9. The van der Waals surface area contributed by atoms with Crippen molar-refractivity contribution < 1.29 is 34.4 Å². The van der Waals surface area contributed by atoms with Gasteiger partial charge in [-0.05, 0) is 44.9 Å². The van der Waals surface area contributed by atoms with Crippen molar-refractivity contribution in [1.29, 1.82) is 0 Å². The number of carbonyl (C=O) groups is 2. The average Bonchev–Trinajstić information content (AvgIpc) is 4.25.